The van der Waals surface area contributed by atoms with Gasteiger partial charge in [0.2, 0.25) is 0 Å². The zero-order valence-electron chi connectivity index (χ0n) is 8.39. The van der Waals surface area contributed by atoms with E-state index in [-0.39, 0.29) is 21.5 Å². The van der Waals surface area contributed by atoms with E-state index in [9.17, 15) is 15.0 Å². The van der Waals surface area contributed by atoms with Crippen molar-refractivity contribution in [3.8, 4) is 0 Å². The van der Waals surface area contributed by atoms with Gasteiger partial charge in [0, 0.05) is 6.08 Å². The first kappa shape index (κ1) is 19.4. The number of hydrogen-bond donors (Lipinski definition) is 4. The summed E-state index contributed by atoms with van der Waals surface area (Å²) in [7, 11) is 0. The zero-order valence-corrected chi connectivity index (χ0v) is 8.39. The molecule has 7 heteroatoms. The van der Waals surface area contributed by atoms with Crippen molar-refractivity contribution >= 4 is 5.97 Å². The van der Waals surface area contributed by atoms with Crippen LogP contribution in [0.5, 0.6) is 0 Å². The van der Waals surface area contributed by atoms with Crippen molar-refractivity contribution < 1.29 is 34.7 Å². The van der Waals surface area contributed by atoms with Gasteiger partial charge in [0.15, 0.2) is 6.29 Å². The summed E-state index contributed by atoms with van der Waals surface area (Å²) in [5, 5.41) is 37.1. The maximum atomic E-state index is 10.7. The normalized spacial score (nSPS) is 34.8. The molecule has 5 unspecified atom stereocenters. The molecule has 0 aromatic carbocycles. The third-order valence-electron chi connectivity index (χ3n) is 2.24. The number of rotatable bonds is 3. The minimum absolute atomic E-state index is 0. The Morgan fingerprint density at radius 1 is 1.17 bits per heavy atom. The van der Waals surface area contributed by atoms with Crippen LogP contribution >= 0.6 is 0 Å². The maximum absolute atomic E-state index is 10.7. The van der Waals surface area contributed by atoms with E-state index in [2.05, 4.69) is 11.3 Å². The summed E-state index contributed by atoms with van der Waals surface area (Å²) < 4.78 is 9.35. The molecule has 0 aromatic rings. The summed E-state index contributed by atoms with van der Waals surface area (Å²) in [5.41, 5.74) is 0. The van der Waals surface area contributed by atoms with Gasteiger partial charge >= 0.3 is 5.97 Å². The van der Waals surface area contributed by atoms with Crippen LogP contribution in [-0.2, 0) is 14.3 Å². The van der Waals surface area contributed by atoms with Crippen LogP contribution in [0.15, 0.2) is 12.7 Å². The Hall–Kier alpha value is -0.990. The van der Waals surface area contributed by atoms with Gasteiger partial charge in [-0.3, -0.25) is 0 Å². The van der Waals surface area contributed by atoms with Gasteiger partial charge in [-0.25, -0.2) is 4.79 Å². The van der Waals surface area contributed by atoms with Gasteiger partial charge in [0.05, 0.1) is 0 Å². The first-order chi connectivity index (χ1) is 7.47. The van der Waals surface area contributed by atoms with Gasteiger partial charge in [-0.05, 0) is 0 Å². The molecule has 0 amide bonds. The highest BCUT2D eigenvalue weighted by Gasteiger charge is 2.43. The molecule has 0 saturated carbocycles. The molecule has 0 bridgehead atoms. The molecule has 0 spiro atoms. The van der Waals surface area contributed by atoms with Crippen LogP contribution in [0.4, 0.5) is 0 Å². The lowest BCUT2D eigenvalue weighted by atomic mass is 9.99. The van der Waals surface area contributed by atoms with Crippen LogP contribution in [0.25, 0.3) is 0 Å². The lowest BCUT2D eigenvalue weighted by molar-refractivity contribution is -0.287. The van der Waals surface area contributed by atoms with Crippen LogP contribution in [0.3, 0.4) is 0 Å². The summed E-state index contributed by atoms with van der Waals surface area (Å²) in [6.45, 7) is 2.81. The predicted molar refractivity (Wildman–Crippen MR) is 63.5 cm³/mol. The third-order valence-corrected chi connectivity index (χ3v) is 2.24. The van der Waals surface area contributed by atoms with Crippen LogP contribution < -0.4 is 0 Å². The molecule has 1 aliphatic rings. The molecular formula is C11H22O7. The smallest absolute Gasteiger partial charge is 0.330 e. The number of hydrogen-bond acceptors (Lipinski definition) is 7. The van der Waals surface area contributed by atoms with E-state index < -0.39 is 36.7 Å². The third kappa shape index (κ3) is 4.35. The quantitative estimate of drug-likeness (QED) is 0.374. The zero-order chi connectivity index (χ0) is 12.3. The van der Waals surface area contributed by atoms with Crippen molar-refractivity contribution in [1.82, 2.24) is 0 Å². The topological polar surface area (TPSA) is 116 Å². The number of ether oxygens (including phenoxy) is 2. The van der Waals surface area contributed by atoms with Gasteiger partial charge < -0.3 is 29.9 Å². The van der Waals surface area contributed by atoms with Crippen molar-refractivity contribution in [2.75, 3.05) is 6.61 Å². The van der Waals surface area contributed by atoms with E-state index in [0.29, 0.717) is 0 Å². The molecular weight excluding hydrogens is 244 g/mol. The molecule has 1 saturated heterocycles. The van der Waals surface area contributed by atoms with E-state index >= 15 is 0 Å². The monoisotopic (exact) mass is 266 g/mol. The molecule has 1 rings (SSSR count). The Labute approximate surface area is 106 Å². The Balaban J connectivity index is 0. The minimum atomic E-state index is -1.63. The number of aliphatic hydroxyl groups excluding tert-OH is 4. The summed E-state index contributed by atoms with van der Waals surface area (Å²) in [6, 6.07) is 0. The highest BCUT2D eigenvalue weighted by Crippen LogP contribution is 2.19. The maximum Gasteiger partial charge on any atom is 0.330 e. The summed E-state index contributed by atoms with van der Waals surface area (Å²) in [6.07, 6.45) is -6.41. The minimum Gasteiger partial charge on any atom is -0.460 e. The molecule has 108 valence electrons. The SMILES string of the molecule is C.C.C=CC(=O)OCC1OC(O)C(O)C(O)C1O. The van der Waals surface area contributed by atoms with Crippen molar-refractivity contribution in [2.24, 2.45) is 0 Å². The largest absolute Gasteiger partial charge is 0.460 e. The number of aliphatic hydroxyl groups is 4. The Kier molecular flexibility index (Phi) is 8.79. The average molecular weight is 266 g/mol. The van der Waals surface area contributed by atoms with Crippen molar-refractivity contribution in [3.63, 3.8) is 0 Å². The molecule has 0 aliphatic carbocycles. The number of esters is 1. The Bertz CT molecular complexity index is 268. The first-order valence-electron chi connectivity index (χ1n) is 4.64. The molecule has 7 nitrogen and oxygen atoms in total. The van der Waals surface area contributed by atoms with Gasteiger partial charge in [-0.15, -0.1) is 0 Å². The second-order valence-corrected chi connectivity index (χ2v) is 3.37. The second kappa shape index (κ2) is 8.17. The van der Waals surface area contributed by atoms with Gasteiger partial charge in [0.1, 0.15) is 31.0 Å². The van der Waals surface area contributed by atoms with Crippen LogP contribution in [-0.4, -0.2) is 63.7 Å². The standard InChI is InChI=1S/C9H14O7.2CH4/c1-2-5(10)15-3-4-6(11)7(12)8(13)9(14)16-4;;/h2,4,6-9,11-14H,1,3H2;2*1H4. The summed E-state index contributed by atoms with van der Waals surface area (Å²) in [4.78, 5) is 10.7. The fourth-order valence-corrected chi connectivity index (χ4v) is 1.29. The van der Waals surface area contributed by atoms with Crippen LogP contribution in [0, 0.1) is 0 Å². The van der Waals surface area contributed by atoms with Crippen molar-refractivity contribution in [2.45, 2.75) is 45.6 Å². The van der Waals surface area contributed by atoms with Gasteiger partial charge in [-0.2, -0.15) is 0 Å². The van der Waals surface area contributed by atoms with E-state index in [1.165, 1.54) is 0 Å². The predicted octanol–water partition coefficient (Wildman–Crippen LogP) is -1.21. The fraction of sp³-hybridized carbons (Fsp3) is 0.727. The Morgan fingerprint density at radius 3 is 2.22 bits per heavy atom. The lowest BCUT2D eigenvalue weighted by Gasteiger charge is -2.37. The number of carbonyl (C=O) groups excluding carboxylic acids is 1. The highest BCUT2D eigenvalue weighted by molar-refractivity contribution is 5.81. The van der Waals surface area contributed by atoms with Crippen molar-refractivity contribution in [1.29, 1.82) is 0 Å². The van der Waals surface area contributed by atoms with E-state index in [4.69, 9.17) is 14.9 Å². The van der Waals surface area contributed by atoms with E-state index in [1.807, 2.05) is 0 Å². The molecule has 18 heavy (non-hydrogen) atoms. The average Bonchev–Trinajstić information content (AvgIpc) is 2.28. The van der Waals surface area contributed by atoms with Crippen LogP contribution in [0.2, 0.25) is 0 Å². The molecule has 0 radical (unpaired) electrons. The lowest BCUT2D eigenvalue weighted by Crippen LogP contribution is -2.58. The second-order valence-electron chi connectivity index (χ2n) is 3.37. The molecule has 0 aromatic heterocycles. The fourth-order valence-electron chi connectivity index (χ4n) is 1.29. The van der Waals surface area contributed by atoms with E-state index in [1.54, 1.807) is 0 Å². The molecule has 1 aliphatic heterocycles. The molecule has 1 fully saturated rings. The highest BCUT2D eigenvalue weighted by atomic mass is 16.6. The van der Waals surface area contributed by atoms with Gasteiger partial charge in [-0.1, -0.05) is 21.4 Å². The Morgan fingerprint density at radius 2 is 1.72 bits per heavy atom. The summed E-state index contributed by atoms with van der Waals surface area (Å²) in [5.74, 6) is -0.717. The summed E-state index contributed by atoms with van der Waals surface area (Å²) >= 11 is 0. The molecule has 5 atom stereocenters. The molecule has 1 heterocycles. The number of carbonyl (C=O) groups is 1. The van der Waals surface area contributed by atoms with Gasteiger partial charge in [0.25, 0.3) is 0 Å². The van der Waals surface area contributed by atoms with Crippen molar-refractivity contribution in [3.05, 3.63) is 12.7 Å². The van der Waals surface area contributed by atoms with E-state index in [0.717, 1.165) is 6.08 Å². The van der Waals surface area contributed by atoms with Crippen LogP contribution in [0.1, 0.15) is 14.9 Å². The molecule has 4 N–H and O–H groups in total. The first-order valence-corrected chi connectivity index (χ1v) is 4.64.